The lowest BCUT2D eigenvalue weighted by Crippen LogP contribution is -2.50. The molecular formula is C19H25FN2O3. The van der Waals surface area contributed by atoms with Crippen molar-refractivity contribution in [1.82, 2.24) is 10.2 Å². The van der Waals surface area contributed by atoms with Gasteiger partial charge in [0.25, 0.3) is 0 Å². The highest BCUT2D eigenvalue weighted by Gasteiger charge is 2.37. The maximum Gasteiger partial charge on any atom is 0.243 e. The van der Waals surface area contributed by atoms with E-state index in [1.807, 2.05) is 20.8 Å². The highest BCUT2D eigenvalue weighted by Crippen LogP contribution is 2.39. The Hall–Kier alpha value is -2.11. The third-order valence-electron chi connectivity index (χ3n) is 4.93. The molecule has 1 N–H and O–H groups in total. The van der Waals surface area contributed by atoms with Crippen LogP contribution in [0.1, 0.15) is 58.1 Å². The second kappa shape index (κ2) is 6.65. The van der Waals surface area contributed by atoms with E-state index in [0.29, 0.717) is 31.6 Å². The fourth-order valence-electron chi connectivity index (χ4n) is 3.77. The van der Waals surface area contributed by atoms with Crippen LogP contribution in [0.25, 0.3) is 0 Å². The van der Waals surface area contributed by atoms with Crippen LogP contribution in [0, 0.1) is 5.82 Å². The molecule has 1 saturated heterocycles. The number of benzene rings is 1. The highest BCUT2D eigenvalue weighted by atomic mass is 19.1. The monoisotopic (exact) mass is 348 g/mol. The first kappa shape index (κ1) is 17.7. The largest absolute Gasteiger partial charge is 0.487 e. The first-order valence-corrected chi connectivity index (χ1v) is 8.89. The lowest BCUT2D eigenvalue weighted by atomic mass is 9.89. The van der Waals surface area contributed by atoms with Crippen molar-refractivity contribution in [3.8, 4) is 5.75 Å². The molecule has 2 amide bonds. The zero-order chi connectivity index (χ0) is 18.2. The minimum Gasteiger partial charge on any atom is -0.487 e. The van der Waals surface area contributed by atoms with Crippen molar-refractivity contribution in [3.05, 3.63) is 29.6 Å². The van der Waals surface area contributed by atoms with E-state index in [0.717, 1.165) is 12.0 Å². The Morgan fingerprint density at radius 1 is 1.48 bits per heavy atom. The Morgan fingerprint density at radius 2 is 2.24 bits per heavy atom. The van der Waals surface area contributed by atoms with Crippen molar-refractivity contribution in [1.29, 1.82) is 0 Å². The van der Waals surface area contributed by atoms with Gasteiger partial charge in [-0.05, 0) is 32.8 Å². The standard InChI is InChI=1S/C19H25FN2O3/c1-4-15(22-9-5-6-17(22)23)18(24)21-14-11-19(2,3)25-16-10-12(20)7-8-13(14)16/h7-8,10,14-15H,4-6,9,11H2,1-3H3,(H,21,24)/t14-,15+/m1/s1. The van der Waals surface area contributed by atoms with E-state index in [9.17, 15) is 14.0 Å². The zero-order valence-corrected chi connectivity index (χ0v) is 15.0. The topological polar surface area (TPSA) is 58.6 Å². The van der Waals surface area contributed by atoms with Crippen LogP contribution < -0.4 is 10.1 Å². The van der Waals surface area contributed by atoms with Gasteiger partial charge in [0.05, 0.1) is 6.04 Å². The summed E-state index contributed by atoms with van der Waals surface area (Å²) >= 11 is 0. The number of carbonyl (C=O) groups is 2. The van der Waals surface area contributed by atoms with Crippen molar-refractivity contribution in [3.63, 3.8) is 0 Å². The first-order chi connectivity index (χ1) is 11.8. The maximum atomic E-state index is 13.6. The van der Waals surface area contributed by atoms with E-state index in [1.54, 1.807) is 11.0 Å². The van der Waals surface area contributed by atoms with Crippen LogP contribution in [-0.4, -0.2) is 34.9 Å². The number of hydrogen-bond acceptors (Lipinski definition) is 3. The summed E-state index contributed by atoms with van der Waals surface area (Å²) in [6.07, 6.45) is 2.47. The van der Waals surface area contributed by atoms with Crippen LogP contribution in [0.4, 0.5) is 4.39 Å². The number of ether oxygens (including phenoxy) is 1. The quantitative estimate of drug-likeness (QED) is 0.910. The fourth-order valence-corrected chi connectivity index (χ4v) is 3.77. The molecule has 0 aliphatic carbocycles. The number of likely N-dealkylation sites (tertiary alicyclic amines) is 1. The summed E-state index contributed by atoms with van der Waals surface area (Å²) in [4.78, 5) is 26.5. The molecule has 136 valence electrons. The number of halogens is 1. The minimum absolute atomic E-state index is 0.0387. The zero-order valence-electron chi connectivity index (χ0n) is 15.0. The Morgan fingerprint density at radius 3 is 2.88 bits per heavy atom. The van der Waals surface area contributed by atoms with Crippen molar-refractivity contribution >= 4 is 11.8 Å². The Labute approximate surface area is 147 Å². The molecule has 1 aromatic carbocycles. The summed E-state index contributed by atoms with van der Waals surface area (Å²) in [6.45, 7) is 6.38. The van der Waals surface area contributed by atoms with Gasteiger partial charge in [0.15, 0.2) is 0 Å². The third kappa shape index (κ3) is 3.62. The van der Waals surface area contributed by atoms with Gasteiger partial charge in [-0.15, -0.1) is 0 Å². The number of nitrogens with zero attached hydrogens (tertiary/aromatic N) is 1. The van der Waals surface area contributed by atoms with E-state index in [2.05, 4.69) is 5.32 Å². The number of hydrogen-bond donors (Lipinski definition) is 1. The third-order valence-corrected chi connectivity index (χ3v) is 4.93. The van der Waals surface area contributed by atoms with Crippen molar-refractivity contribution in [2.75, 3.05) is 6.54 Å². The van der Waals surface area contributed by atoms with Gasteiger partial charge < -0.3 is 15.0 Å². The summed E-state index contributed by atoms with van der Waals surface area (Å²) in [5.74, 6) is -0.0185. The van der Waals surface area contributed by atoms with E-state index >= 15 is 0 Å². The molecule has 0 radical (unpaired) electrons. The van der Waals surface area contributed by atoms with E-state index in [-0.39, 0.29) is 23.7 Å². The molecule has 1 aromatic rings. The van der Waals surface area contributed by atoms with Gasteiger partial charge in [0.2, 0.25) is 11.8 Å². The fraction of sp³-hybridized carbons (Fsp3) is 0.579. The predicted molar refractivity (Wildman–Crippen MR) is 91.6 cm³/mol. The normalized spacial score (nSPS) is 23.0. The number of amides is 2. The van der Waals surface area contributed by atoms with Crippen molar-refractivity contribution in [2.45, 2.75) is 64.1 Å². The first-order valence-electron chi connectivity index (χ1n) is 8.89. The summed E-state index contributed by atoms with van der Waals surface area (Å²) in [6, 6.07) is 3.67. The number of nitrogens with one attached hydrogen (secondary N) is 1. The van der Waals surface area contributed by atoms with Gasteiger partial charge in [-0.1, -0.05) is 13.0 Å². The van der Waals surface area contributed by atoms with Gasteiger partial charge in [0.1, 0.15) is 23.2 Å². The molecule has 2 atom stereocenters. The minimum atomic E-state index is -0.510. The smallest absolute Gasteiger partial charge is 0.243 e. The van der Waals surface area contributed by atoms with Crippen LogP contribution in [0.2, 0.25) is 0 Å². The molecule has 6 heteroatoms. The number of fused-ring (bicyclic) bond motifs is 1. The average Bonchev–Trinajstić information content (AvgIpc) is 2.92. The molecule has 0 saturated carbocycles. The molecule has 2 heterocycles. The average molecular weight is 348 g/mol. The van der Waals surface area contributed by atoms with Gasteiger partial charge in [0, 0.05) is 31.0 Å². The van der Waals surface area contributed by atoms with Crippen LogP contribution in [-0.2, 0) is 9.59 Å². The number of carbonyl (C=O) groups excluding carboxylic acids is 2. The van der Waals surface area contributed by atoms with Gasteiger partial charge in [-0.3, -0.25) is 9.59 Å². The second-order valence-corrected chi connectivity index (χ2v) is 7.42. The lowest BCUT2D eigenvalue weighted by molar-refractivity contribution is -0.138. The van der Waals surface area contributed by atoms with Gasteiger partial charge in [-0.2, -0.15) is 0 Å². The van der Waals surface area contributed by atoms with Crippen LogP contribution in [0.3, 0.4) is 0 Å². The molecule has 0 aromatic heterocycles. The van der Waals surface area contributed by atoms with E-state index in [4.69, 9.17) is 4.74 Å². The van der Waals surface area contributed by atoms with Gasteiger partial charge in [-0.25, -0.2) is 4.39 Å². The molecule has 25 heavy (non-hydrogen) atoms. The molecule has 1 fully saturated rings. The van der Waals surface area contributed by atoms with Crippen LogP contribution in [0.15, 0.2) is 18.2 Å². The second-order valence-electron chi connectivity index (χ2n) is 7.42. The van der Waals surface area contributed by atoms with Crippen LogP contribution >= 0.6 is 0 Å². The molecule has 5 nitrogen and oxygen atoms in total. The summed E-state index contributed by atoms with van der Waals surface area (Å²) in [7, 11) is 0. The summed E-state index contributed by atoms with van der Waals surface area (Å²) < 4.78 is 19.4. The lowest BCUT2D eigenvalue weighted by Gasteiger charge is -2.38. The Bertz CT molecular complexity index is 689. The summed E-state index contributed by atoms with van der Waals surface area (Å²) in [5, 5.41) is 3.06. The molecule has 2 aliphatic rings. The van der Waals surface area contributed by atoms with E-state index < -0.39 is 11.6 Å². The van der Waals surface area contributed by atoms with Crippen LogP contribution in [0.5, 0.6) is 5.75 Å². The number of rotatable bonds is 4. The SMILES string of the molecule is CC[C@@H](C(=O)N[C@@H]1CC(C)(C)Oc2cc(F)ccc21)N1CCCC1=O. The van der Waals surface area contributed by atoms with Gasteiger partial charge >= 0.3 is 0 Å². The molecular weight excluding hydrogens is 323 g/mol. The Balaban J connectivity index is 1.81. The molecule has 3 rings (SSSR count). The molecule has 0 unspecified atom stereocenters. The Kier molecular flexibility index (Phi) is 4.71. The highest BCUT2D eigenvalue weighted by molar-refractivity contribution is 5.88. The predicted octanol–water partition coefficient (Wildman–Crippen LogP) is 2.95. The maximum absolute atomic E-state index is 13.6. The van der Waals surface area contributed by atoms with Crippen molar-refractivity contribution in [2.24, 2.45) is 0 Å². The van der Waals surface area contributed by atoms with E-state index in [1.165, 1.54) is 12.1 Å². The molecule has 2 aliphatic heterocycles. The van der Waals surface area contributed by atoms with Crippen molar-refractivity contribution < 1.29 is 18.7 Å². The summed E-state index contributed by atoms with van der Waals surface area (Å²) in [5.41, 5.74) is 0.265. The molecule has 0 spiro atoms. The molecule has 0 bridgehead atoms.